The number of sulfonamides is 1. The van der Waals surface area contributed by atoms with E-state index in [1.165, 1.54) is 4.90 Å². The van der Waals surface area contributed by atoms with Gasteiger partial charge in [0.15, 0.2) is 0 Å². The molecule has 1 aliphatic heterocycles. The lowest BCUT2D eigenvalue weighted by Crippen LogP contribution is -2.28. The monoisotopic (exact) mass is 298 g/mol. The van der Waals surface area contributed by atoms with E-state index < -0.39 is 10.0 Å². The predicted molar refractivity (Wildman–Crippen MR) is 73.9 cm³/mol. The number of amides is 1. The van der Waals surface area contributed by atoms with Crippen LogP contribution in [0.15, 0.2) is 29.2 Å². The molecule has 6 nitrogen and oxygen atoms in total. The summed E-state index contributed by atoms with van der Waals surface area (Å²) in [6, 6.07) is 6.72. The lowest BCUT2D eigenvalue weighted by atomic mass is 10.2. The average Bonchev–Trinajstić information content (AvgIpc) is 2.68. The summed E-state index contributed by atoms with van der Waals surface area (Å²) in [6.07, 6.45) is -0.162. The van der Waals surface area contributed by atoms with Crippen molar-refractivity contribution in [3.63, 3.8) is 0 Å². The lowest BCUT2D eigenvalue weighted by Gasteiger charge is -2.10. The van der Waals surface area contributed by atoms with E-state index in [-0.39, 0.29) is 23.6 Å². The minimum Gasteiger partial charge on any atom is -0.444 e. The smallest absolute Gasteiger partial charge is 0.409 e. The number of carbonyl (C=O) groups excluding carboxylic acids is 1. The molecule has 1 saturated heterocycles. The molecule has 0 bridgehead atoms. The summed E-state index contributed by atoms with van der Waals surface area (Å²) in [5.41, 5.74) is 0.888. The highest BCUT2D eigenvalue weighted by Crippen LogP contribution is 2.13. The number of nitrogens with one attached hydrogen (secondary N) is 1. The molecule has 0 saturated carbocycles. The van der Waals surface area contributed by atoms with Crippen molar-refractivity contribution in [2.24, 2.45) is 0 Å². The molecule has 1 aromatic rings. The van der Waals surface area contributed by atoms with Gasteiger partial charge in [-0.3, -0.25) is 0 Å². The normalized spacial score (nSPS) is 19.2. The molecular weight excluding hydrogens is 280 g/mol. The Morgan fingerprint density at radius 2 is 2.20 bits per heavy atom. The predicted octanol–water partition coefficient (Wildman–Crippen LogP) is 1.11. The molecule has 1 atom stereocenters. The first kappa shape index (κ1) is 14.8. The van der Waals surface area contributed by atoms with E-state index in [1.807, 2.05) is 13.0 Å². The van der Waals surface area contributed by atoms with Gasteiger partial charge in [-0.15, -0.1) is 0 Å². The van der Waals surface area contributed by atoms with Crippen molar-refractivity contribution in [3.8, 4) is 0 Å². The number of aryl methyl sites for hydroxylation is 1. The van der Waals surface area contributed by atoms with Crippen LogP contribution >= 0.6 is 0 Å². The Kier molecular flexibility index (Phi) is 4.29. The fourth-order valence-electron chi connectivity index (χ4n) is 2.02. The van der Waals surface area contributed by atoms with Gasteiger partial charge in [0.25, 0.3) is 0 Å². The molecule has 1 N–H and O–H groups in total. The van der Waals surface area contributed by atoms with E-state index in [1.54, 1.807) is 25.2 Å². The summed E-state index contributed by atoms with van der Waals surface area (Å²) in [5.74, 6) is 0. The van der Waals surface area contributed by atoms with Crippen LogP contribution in [0.5, 0.6) is 0 Å². The molecule has 0 aliphatic carbocycles. The van der Waals surface area contributed by atoms with Gasteiger partial charge < -0.3 is 9.64 Å². The van der Waals surface area contributed by atoms with Crippen LogP contribution < -0.4 is 4.72 Å². The largest absolute Gasteiger partial charge is 0.444 e. The van der Waals surface area contributed by atoms with Crippen LogP contribution in [0.4, 0.5) is 4.79 Å². The molecule has 1 unspecified atom stereocenters. The molecule has 2 rings (SSSR count). The molecular formula is C13H18N2O4S. The second kappa shape index (κ2) is 5.80. The van der Waals surface area contributed by atoms with E-state index in [4.69, 9.17) is 4.74 Å². The molecule has 0 spiro atoms. The first-order valence-electron chi connectivity index (χ1n) is 6.36. The Bertz CT molecular complexity index is 600. The van der Waals surface area contributed by atoms with E-state index in [2.05, 4.69) is 4.72 Å². The highest BCUT2D eigenvalue weighted by molar-refractivity contribution is 7.89. The maximum atomic E-state index is 12.1. The van der Waals surface area contributed by atoms with Crippen molar-refractivity contribution >= 4 is 16.1 Å². The molecule has 1 aliphatic rings. The highest BCUT2D eigenvalue weighted by Gasteiger charge is 2.28. The topological polar surface area (TPSA) is 75.7 Å². The van der Waals surface area contributed by atoms with Crippen molar-refractivity contribution in [1.82, 2.24) is 9.62 Å². The molecule has 1 heterocycles. The number of carbonyl (C=O) groups is 1. The maximum absolute atomic E-state index is 12.1. The molecule has 1 fully saturated rings. The lowest BCUT2D eigenvalue weighted by molar-refractivity contribution is 0.131. The third kappa shape index (κ3) is 3.49. The van der Waals surface area contributed by atoms with Crippen LogP contribution in [0.1, 0.15) is 12.0 Å². The fraction of sp³-hybridized carbons (Fsp3) is 0.462. The van der Waals surface area contributed by atoms with Crippen molar-refractivity contribution in [1.29, 1.82) is 0 Å². The van der Waals surface area contributed by atoms with Crippen LogP contribution in [0.2, 0.25) is 0 Å². The molecule has 0 radical (unpaired) electrons. The molecule has 0 aromatic heterocycles. The van der Waals surface area contributed by atoms with Gasteiger partial charge in [0, 0.05) is 13.6 Å². The number of benzene rings is 1. The Labute approximate surface area is 118 Å². The average molecular weight is 298 g/mol. The first-order valence-corrected chi connectivity index (χ1v) is 7.85. The standard InChI is InChI=1S/C13H18N2O4S/c1-10-4-3-5-12(8-10)20(17,18)14-7-6-11-9-15(2)13(16)19-11/h3-5,8,11,14H,6-7,9H2,1-2H3. The van der Waals surface area contributed by atoms with Gasteiger partial charge in [0.2, 0.25) is 10.0 Å². The summed E-state index contributed by atoms with van der Waals surface area (Å²) >= 11 is 0. The van der Waals surface area contributed by atoms with E-state index in [0.717, 1.165) is 5.56 Å². The molecule has 1 amide bonds. The zero-order valence-electron chi connectivity index (χ0n) is 11.5. The number of ether oxygens (including phenoxy) is 1. The van der Waals surface area contributed by atoms with Crippen molar-refractivity contribution in [2.45, 2.75) is 24.3 Å². The van der Waals surface area contributed by atoms with E-state index in [0.29, 0.717) is 13.0 Å². The highest BCUT2D eigenvalue weighted by atomic mass is 32.2. The quantitative estimate of drug-likeness (QED) is 0.883. The number of rotatable bonds is 5. The van der Waals surface area contributed by atoms with Gasteiger partial charge in [0.1, 0.15) is 6.10 Å². The van der Waals surface area contributed by atoms with Crippen LogP contribution in [0.25, 0.3) is 0 Å². The Morgan fingerprint density at radius 1 is 1.45 bits per heavy atom. The van der Waals surface area contributed by atoms with Gasteiger partial charge in [0.05, 0.1) is 11.4 Å². The van der Waals surface area contributed by atoms with Crippen molar-refractivity contribution < 1.29 is 17.9 Å². The SMILES string of the molecule is Cc1cccc(S(=O)(=O)NCCC2CN(C)C(=O)O2)c1. The van der Waals surface area contributed by atoms with Crippen LogP contribution in [-0.4, -0.2) is 45.7 Å². The summed E-state index contributed by atoms with van der Waals surface area (Å²) in [5, 5.41) is 0. The second-order valence-electron chi connectivity index (χ2n) is 4.89. The Hall–Kier alpha value is -1.60. The fourth-order valence-corrected chi connectivity index (χ4v) is 3.17. The summed E-state index contributed by atoms with van der Waals surface area (Å²) in [4.78, 5) is 12.9. The van der Waals surface area contributed by atoms with Crippen LogP contribution in [-0.2, 0) is 14.8 Å². The zero-order chi connectivity index (χ0) is 14.8. The number of nitrogens with zero attached hydrogens (tertiary/aromatic N) is 1. The third-order valence-electron chi connectivity index (χ3n) is 3.11. The number of cyclic esters (lactones) is 1. The molecule has 1 aromatic carbocycles. The molecule has 20 heavy (non-hydrogen) atoms. The second-order valence-corrected chi connectivity index (χ2v) is 6.66. The minimum atomic E-state index is -3.51. The molecule has 7 heteroatoms. The van der Waals surface area contributed by atoms with E-state index in [9.17, 15) is 13.2 Å². The summed E-state index contributed by atoms with van der Waals surface area (Å²) in [6.45, 7) is 2.57. The Balaban J connectivity index is 1.89. The zero-order valence-corrected chi connectivity index (χ0v) is 12.3. The van der Waals surface area contributed by atoms with Gasteiger partial charge in [-0.05, 0) is 31.0 Å². The van der Waals surface area contributed by atoms with Gasteiger partial charge in [-0.1, -0.05) is 12.1 Å². The summed E-state index contributed by atoms with van der Waals surface area (Å²) in [7, 11) is -1.85. The van der Waals surface area contributed by atoms with E-state index >= 15 is 0 Å². The molecule has 110 valence electrons. The third-order valence-corrected chi connectivity index (χ3v) is 4.57. The van der Waals surface area contributed by atoms with Crippen molar-refractivity contribution in [3.05, 3.63) is 29.8 Å². The Morgan fingerprint density at radius 3 is 2.80 bits per heavy atom. The number of hydrogen-bond donors (Lipinski definition) is 1. The first-order chi connectivity index (χ1) is 9.38. The van der Waals surface area contributed by atoms with Crippen LogP contribution in [0, 0.1) is 6.92 Å². The number of likely N-dealkylation sites (N-methyl/N-ethyl adjacent to an activating group) is 1. The number of hydrogen-bond acceptors (Lipinski definition) is 4. The van der Waals surface area contributed by atoms with Crippen molar-refractivity contribution in [2.75, 3.05) is 20.1 Å². The minimum absolute atomic E-state index is 0.238. The van der Waals surface area contributed by atoms with Crippen LogP contribution in [0.3, 0.4) is 0 Å². The van der Waals surface area contributed by atoms with Gasteiger partial charge in [-0.2, -0.15) is 0 Å². The summed E-state index contributed by atoms with van der Waals surface area (Å²) < 4.78 is 31.7. The maximum Gasteiger partial charge on any atom is 0.409 e. The van der Waals surface area contributed by atoms with Gasteiger partial charge in [-0.25, -0.2) is 17.9 Å². The van der Waals surface area contributed by atoms with Gasteiger partial charge >= 0.3 is 6.09 Å².